The van der Waals surface area contributed by atoms with E-state index in [0.717, 1.165) is 23.2 Å². The first-order chi connectivity index (χ1) is 17.0. The second-order valence-corrected chi connectivity index (χ2v) is 9.12. The van der Waals surface area contributed by atoms with Gasteiger partial charge in [0.1, 0.15) is 15.7 Å². The Morgan fingerprint density at radius 1 is 1.08 bits per heavy atom. The van der Waals surface area contributed by atoms with Crippen LogP contribution in [0.2, 0.25) is 5.02 Å². The van der Waals surface area contributed by atoms with Crippen molar-refractivity contribution in [2.75, 3.05) is 5.32 Å². The van der Waals surface area contributed by atoms with E-state index in [1.165, 1.54) is 12.4 Å². The summed E-state index contributed by atoms with van der Waals surface area (Å²) in [4.78, 5) is 33.4. The van der Waals surface area contributed by atoms with Crippen molar-refractivity contribution < 1.29 is 22.8 Å². The second-order valence-electron chi connectivity index (χ2n) is 7.65. The Bertz CT molecular complexity index is 1420. The van der Waals surface area contributed by atoms with Gasteiger partial charge >= 0.3 is 6.18 Å². The lowest BCUT2D eigenvalue weighted by atomic mass is 10.2. The minimum Gasteiger partial charge on any atom is -0.343 e. The van der Waals surface area contributed by atoms with Crippen LogP contribution in [-0.4, -0.2) is 31.6 Å². The van der Waals surface area contributed by atoms with Crippen LogP contribution in [0.25, 0.3) is 5.69 Å². The van der Waals surface area contributed by atoms with Gasteiger partial charge in [-0.05, 0) is 32.0 Å². The molecule has 0 unspecified atom stereocenters. The Hall–Kier alpha value is -3.77. The van der Waals surface area contributed by atoms with Crippen molar-refractivity contribution in [1.82, 2.24) is 25.1 Å². The fraction of sp³-hybridized carbons (Fsp3) is 0.174. The van der Waals surface area contributed by atoms with Crippen LogP contribution in [0.15, 0.2) is 55.0 Å². The molecule has 2 N–H and O–H groups in total. The second kappa shape index (κ2) is 10.1. The predicted octanol–water partition coefficient (Wildman–Crippen LogP) is 5.45. The number of benzene rings is 1. The number of para-hydroxylation sites is 1. The van der Waals surface area contributed by atoms with Crippen LogP contribution in [0.5, 0.6) is 0 Å². The van der Waals surface area contributed by atoms with Crippen LogP contribution >= 0.6 is 22.9 Å². The number of carbonyl (C=O) groups excluding carboxylic acids is 2. The molecule has 0 aliphatic rings. The predicted molar refractivity (Wildman–Crippen MR) is 128 cm³/mol. The summed E-state index contributed by atoms with van der Waals surface area (Å²) in [5, 5.41) is 9.27. The van der Waals surface area contributed by atoms with Gasteiger partial charge in [0.05, 0.1) is 46.0 Å². The van der Waals surface area contributed by atoms with Gasteiger partial charge in [0, 0.05) is 6.20 Å². The maximum absolute atomic E-state index is 13.0. The van der Waals surface area contributed by atoms with Crippen molar-refractivity contribution in [2.24, 2.45) is 0 Å². The van der Waals surface area contributed by atoms with Crippen LogP contribution in [-0.2, 0) is 6.18 Å². The van der Waals surface area contributed by atoms with Crippen LogP contribution < -0.4 is 10.6 Å². The SMILES string of the molecule is Cc1c(C(=O)N[C@H](C)c2ncc(C(=O)Nc3cc(C(F)(F)F)c(Cl)cn3)s2)cnn1-c1ccccc1. The molecular formula is C23H18ClF3N6O2S. The van der Waals surface area contributed by atoms with E-state index in [-0.39, 0.29) is 16.6 Å². The molecule has 1 atom stereocenters. The van der Waals surface area contributed by atoms with Gasteiger partial charge < -0.3 is 10.6 Å². The van der Waals surface area contributed by atoms with Crippen molar-refractivity contribution in [3.63, 3.8) is 0 Å². The summed E-state index contributed by atoms with van der Waals surface area (Å²) in [6.07, 6.45) is -1.13. The first-order valence-corrected chi connectivity index (χ1v) is 11.6. The molecule has 0 spiro atoms. The summed E-state index contributed by atoms with van der Waals surface area (Å²) >= 11 is 6.55. The zero-order chi connectivity index (χ0) is 26.0. The summed E-state index contributed by atoms with van der Waals surface area (Å²) in [7, 11) is 0. The fourth-order valence-corrected chi connectivity index (χ4v) is 4.32. The number of rotatable bonds is 6. The number of nitrogens with zero attached hydrogens (tertiary/aromatic N) is 4. The first kappa shape index (κ1) is 25.3. The van der Waals surface area contributed by atoms with E-state index < -0.39 is 28.7 Å². The highest BCUT2D eigenvalue weighted by Crippen LogP contribution is 2.35. The van der Waals surface area contributed by atoms with E-state index in [1.54, 1.807) is 18.5 Å². The number of amides is 2. The highest BCUT2D eigenvalue weighted by molar-refractivity contribution is 7.13. The Kier molecular flexibility index (Phi) is 7.09. The van der Waals surface area contributed by atoms with Gasteiger partial charge in [-0.15, -0.1) is 11.3 Å². The number of alkyl halides is 3. The third-order valence-corrected chi connectivity index (χ3v) is 6.60. The molecular weight excluding hydrogens is 517 g/mol. The van der Waals surface area contributed by atoms with Gasteiger partial charge in [-0.2, -0.15) is 18.3 Å². The topological polar surface area (TPSA) is 102 Å². The lowest BCUT2D eigenvalue weighted by Gasteiger charge is -2.11. The minimum absolute atomic E-state index is 0.129. The fourth-order valence-electron chi connectivity index (χ4n) is 3.29. The van der Waals surface area contributed by atoms with Crippen LogP contribution in [0.3, 0.4) is 0 Å². The molecule has 3 heterocycles. The Morgan fingerprint density at radius 3 is 2.50 bits per heavy atom. The largest absolute Gasteiger partial charge is 0.418 e. The summed E-state index contributed by atoms with van der Waals surface area (Å²) in [5.41, 5.74) is 0.741. The number of aromatic nitrogens is 4. The molecule has 13 heteroatoms. The number of hydrogen-bond donors (Lipinski definition) is 2. The molecule has 0 aliphatic heterocycles. The highest BCUT2D eigenvalue weighted by Gasteiger charge is 2.34. The normalized spacial score (nSPS) is 12.3. The average molecular weight is 535 g/mol. The number of halogens is 4. The number of pyridine rings is 1. The molecule has 8 nitrogen and oxygen atoms in total. The Balaban J connectivity index is 1.43. The molecule has 4 rings (SSSR count). The number of thiazole rings is 1. The number of anilines is 1. The molecule has 1 aromatic carbocycles. The molecule has 36 heavy (non-hydrogen) atoms. The monoisotopic (exact) mass is 534 g/mol. The average Bonchev–Trinajstić information content (AvgIpc) is 3.47. The standard InChI is InChI=1S/C23H18ClF3N6O2S/c1-12(31-20(34)15-9-30-33(13(15)2)14-6-4-3-5-7-14)22-29-11-18(36-22)21(35)32-19-8-16(23(25,26)27)17(24)10-28-19/h3-12H,1-2H3,(H,31,34)(H,28,32,35)/t12-/m1/s1. The molecule has 0 bridgehead atoms. The van der Waals surface area contributed by atoms with Gasteiger partial charge in [-0.1, -0.05) is 29.8 Å². The van der Waals surface area contributed by atoms with Gasteiger partial charge in [-0.3, -0.25) is 9.59 Å². The summed E-state index contributed by atoms with van der Waals surface area (Å²) < 4.78 is 40.8. The summed E-state index contributed by atoms with van der Waals surface area (Å²) in [5.74, 6) is -1.37. The number of carbonyl (C=O) groups is 2. The van der Waals surface area contributed by atoms with Crippen molar-refractivity contribution in [3.05, 3.63) is 86.7 Å². The summed E-state index contributed by atoms with van der Waals surface area (Å²) in [6, 6.07) is 9.47. The van der Waals surface area contributed by atoms with E-state index in [4.69, 9.17) is 11.6 Å². The lowest BCUT2D eigenvalue weighted by molar-refractivity contribution is -0.137. The smallest absolute Gasteiger partial charge is 0.343 e. The van der Waals surface area contributed by atoms with Crippen molar-refractivity contribution in [3.8, 4) is 5.69 Å². The maximum atomic E-state index is 13.0. The third kappa shape index (κ3) is 5.39. The molecule has 0 radical (unpaired) electrons. The van der Waals surface area contributed by atoms with Gasteiger partial charge in [0.15, 0.2) is 0 Å². The lowest BCUT2D eigenvalue weighted by Crippen LogP contribution is -2.27. The Labute approximate surface area is 212 Å². The van der Waals surface area contributed by atoms with Crippen LogP contribution in [0, 0.1) is 6.92 Å². The highest BCUT2D eigenvalue weighted by atomic mass is 35.5. The van der Waals surface area contributed by atoms with Crippen molar-refractivity contribution in [2.45, 2.75) is 26.1 Å². The molecule has 0 saturated heterocycles. The molecule has 4 aromatic rings. The van der Waals surface area contributed by atoms with E-state index in [1.807, 2.05) is 30.3 Å². The maximum Gasteiger partial charge on any atom is 0.418 e. The van der Waals surface area contributed by atoms with Crippen molar-refractivity contribution >= 4 is 40.6 Å². The van der Waals surface area contributed by atoms with Crippen molar-refractivity contribution in [1.29, 1.82) is 0 Å². The van der Waals surface area contributed by atoms with E-state index in [0.29, 0.717) is 22.3 Å². The molecule has 0 fully saturated rings. The number of nitrogens with one attached hydrogen (secondary N) is 2. The third-order valence-electron chi connectivity index (χ3n) is 5.12. The Morgan fingerprint density at radius 2 is 1.81 bits per heavy atom. The molecule has 186 valence electrons. The van der Waals surface area contributed by atoms with Gasteiger partial charge in [-0.25, -0.2) is 14.6 Å². The summed E-state index contributed by atoms with van der Waals surface area (Å²) in [6.45, 7) is 3.48. The first-order valence-electron chi connectivity index (χ1n) is 10.5. The molecule has 3 aromatic heterocycles. The van der Waals surface area contributed by atoms with E-state index >= 15 is 0 Å². The van der Waals surface area contributed by atoms with Crippen LogP contribution in [0.4, 0.5) is 19.0 Å². The zero-order valence-electron chi connectivity index (χ0n) is 18.8. The quantitative estimate of drug-likeness (QED) is 0.342. The van der Waals surface area contributed by atoms with Crippen LogP contribution in [0.1, 0.15) is 49.3 Å². The number of hydrogen-bond acceptors (Lipinski definition) is 6. The van der Waals surface area contributed by atoms with E-state index in [9.17, 15) is 22.8 Å². The zero-order valence-corrected chi connectivity index (χ0v) is 20.4. The minimum atomic E-state index is -4.69. The molecule has 0 saturated carbocycles. The van der Waals surface area contributed by atoms with Gasteiger partial charge in [0.2, 0.25) is 0 Å². The molecule has 2 amide bonds. The van der Waals surface area contributed by atoms with Gasteiger partial charge in [0.25, 0.3) is 11.8 Å². The molecule has 0 aliphatic carbocycles. The van der Waals surface area contributed by atoms with E-state index in [2.05, 4.69) is 25.7 Å².